The van der Waals surface area contributed by atoms with Crippen molar-refractivity contribution < 1.29 is 4.74 Å². The molecule has 0 bridgehead atoms. The summed E-state index contributed by atoms with van der Waals surface area (Å²) in [5.41, 5.74) is 0.219. The lowest BCUT2D eigenvalue weighted by molar-refractivity contribution is -0.0555. The minimum Gasteiger partial charge on any atom is -0.378 e. The number of fused-ring (bicyclic) bond motifs is 1. The number of nitrogens with zero attached hydrogens (tertiary/aromatic N) is 1. The van der Waals surface area contributed by atoms with E-state index in [4.69, 9.17) is 4.74 Å². The highest BCUT2D eigenvalue weighted by atomic mass is 16.5. The van der Waals surface area contributed by atoms with Gasteiger partial charge in [0, 0.05) is 24.7 Å². The molecule has 3 aliphatic rings. The summed E-state index contributed by atoms with van der Waals surface area (Å²) in [5.74, 6) is 1.93. The number of ether oxygens (including phenoxy) is 1. The van der Waals surface area contributed by atoms with E-state index in [2.05, 4.69) is 24.1 Å². The molecule has 17 heavy (non-hydrogen) atoms. The number of nitrogens with one attached hydrogen (secondary N) is 1. The maximum atomic E-state index is 5.60. The first-order valence-electron chi connectivity index (χ1n) is 7.23. The Morgan fingerprint density at radius 3 is 3.06 bits per heavy atom. The average molecular weight is 238 g/mol. The topological polar surface area (TPSA) is 24.5 Å². The smallest absolute Gasteiger partial charge is 0.0645 e. The van der Waals surface area contributed by atoms with Gasteiger partial charge in [-0.3, -0.25) is 4.90 Å². The Morgan fingerprint density at radius 1 is 1.35 bits per heavy atom. The Bertz CT molecular complexity index is 279. The molecule has 0 aromatic rings. The maximum Gasteiger partial charge on any atom is 0.0645 e. The second kappa shape index (κ2) is 4.52. The van der Waals surface area contributed by atoms with Gasteiger partial charge in [0.1, 0.15) is 0 Å². The molecule has 0 spiro atoms. The predicted octanol–water partition coefficient (Wildman–Crippen LogP) is 1.49. The van der Waals surface area contributed by atoms with Gasteiger partial charge in [0.05, 0.1) is 13.2 Å². The lowest BCUT2D eigenvalue weighted by Gasteiger charge is -2.44. The van der Waals surface area contributed by atoms with Crippen molar-refractivity contribution in [3.8, 4) is 0 Å². The highest BCUT2D eigenvalue weighted by Gasteiger charge is 2.41. The third-order valence-corrected chi connectivity index (χ3v) is 5.11. The molecule has 0 aromatic heterocycles. The van der Waals surface area contributed by atoms with Crippen LogP contribution in [0.3, 0.4) is 0 Å². The molecule has 1 saturated carbocycles. The first-order valence-corrected chi connectivity index (χ1v) is 7.23. The van der Waals surface area contributed by atoms with Crippen LogP contribution in [0.5, 0.6) is 0 Å². The maximum absolute atomic E-state index is 5.60. The average Bonchev–Trinajstić information content (AvgIpc) is 2.85. The Morgan fingerprint density at radius 2 is 2.24 bits per heavy atom. The Kier molecular flexibility index (Phi) is 3.18. The van der Waals surface area contributed by atoms with E-state index in [1.807, 2.05) is 0 Å². The van der Waals surface area contributed by atoms with Crippen LogP contribution < -0.4 is 5.32 Å². The summed E-state index contributed by atoms with van der Waals surface area (Å²) in [6.45, 7) is 10.00. The molecule has 0 aromatic carbocycles. The fraction of sp³-hybridized carbons (Fsp3) is 1.00. The number of hydrogen-bond acceptors (Lipinski definition) is 3. The van der Waals surface area contributed by atoms with Crippen LogP contribution in [-0.2, 0) is 4.74 Å². The fourth-order valence-corrected chi connectivity index (χ4v) is 3.97. The summed E-state index contributed by atoms with van der Waals surface area (Å²) >= 11 is 0. The molecule has 3 unspecified atom stereocenters. The molecule has 2 heterocycles. The zero-order chi connectivity index (χ0) is 11.9. The minimum absolute atomic E-state index is 0.219. The lowest BCUT2D eigenvalue weighted by Crippen LogP contribution is -2.56. The van der Waals surface area contributed by atoms with E-state index in [9.17, 15) is 0 Å². The van der Waals surface area contributed by atoms with Crippen molar-refractivity contribution in [1.29, 1.82) is 0 Å². The molecule has 1 N–H and O–H groups in total. The molecule has 3 nitrogen and oxygen atoms in total. The van der Waals surface area contributed by atoms with Gasteiger partial charge in [-0.15, -0.1) is 0 Å². The van der Waals surface area contributed by atoms with E-state index in [1.54, 1.807) is 0 Å². The van der Waals surface area contributed by atoms with Crippen LogP contribution in [0.2, 0.25) is 0 Å². The standard InChI is InChI=1S/C14H26N2O/c1-14(2)10-17-7-6-16(14)9-13-12-5-3-4-11(12)8-15-13/h11-13,15H,3-10H2,1-2H3. The van der Waals surface area contributed by atoms with Gasteiger partial charge < -0.3 is 10.1 Å². The summed E-state index contributed by atoms with van der Waals surface area (Å²) in [6.07, 6.45) is 4.37. The molecular formula is C14H26N2O. The zero-order valence-corrected chi connectivity index (χ0v) is 11.2. The quantitative estimate of drug-likeness (QED) is 0.789. The largest absolute Gasteiger partial charge is 0.378 e. The zero-order valence-electron chi connectivity index (χ0n) is 11.2. The Hall–Kier alpha value is -0.120. The van der Waals surface area contributed by atoms with Crippen molar-refractivity contribution >= 4 is 0 Å². The number of morpholine rings is 1. The molecule has 98 valence electrons. The SMILES string of the molecule is CC1(C)COCCN1CC1NCC2CCCC21. The van der Waals surface area contributed by atoms with Gasteiger partial charge in [0.15, 0.2) is 0 Å². The molecule has 0 radical (unpaired) electrons. The van der Waals surface area contributed by atoms with Crippen molar-refractivity contribution in [3.63, 3.8) is 0 Å². The van der Waals surface area contributed by atoms with Crippen molar-refractivity contribution in [1.82, 2.24) is 10.2 Å². The third-order valence-electron chi connectivity index (χ3n) is 5.11. The van der Waals surface area contributed by atoms with E-state index in [0.29, 0.717) is 0 Å². The second-order valence-corrected chi connectivity index (χ2v) is 6.68. The van der Waals surface area contributed by atoms with Crippen molar-refractivity contribution in [2.24, 2.45) is 11.8 Å². The van der Waals surface area contributed by atoms with E-state index < -0.39 is 0 Å². The van der Waals surface area contributed by atoms with Gasteiger partial charge in [-0.25, -0.2) is 0 Å². The van der Waals surface area contributed by atoms with E-state index in [0.717, 1.165) is 37.6 Å². The van der Waals surface area contributed by atoms with Crippen molar-refractivity contribution in [2.45, 2.75) is 44.7 Å². The predicted molar refractivity (Wildman–Crippen MR) is 69.1 cm³/mol. The first-order chi connectivity index (χ1) is 8.17. The molecule has 2 saturated heterocycles. The van der Waals surface area contributed by atoms with E-state index in [-0.39, 0.29) is 5.54 Å². The first kappa shape index (κ1) is 11.9. The summed E-state index contributed by atoms with van der Waals surface area (Å²) < 4.78 is 5.60. The van der Waals surface area contributed by atoms with E-state index in [1.165, 1.54) is 32.4 Å². The van der Waals surface area contributed by atoms with Crippen molar-refractivity contribution in [3.05, 3.63) is 0 Å². The van der Waals surface area contributed by atoms with Gasteiger partial charge in [-0.2, -0.15) is 0 Å². The van der Waals surface area contributed by atoms with Gasteiger partial charge in [-0.1, -0.05) is 6.42 Å². The molecule has 0 amide bonds. The summed E-state index contributed by atoms with van der Waals surface area (Å²) in [5, 5.41) is 3.76. The molecular weight excluding hydrogens is 212 g/mol. The van der Waals surface area contributed by atoms with Crippen LogP contribution in [0.4, 0.5) is 0 Å². The van der Waals surface area contributed by atoms with Gasteiger partial charge in [-0.05, 0) is 45.1 Å². The van der Waals surface area contributed by atoms with Crippen LogP contribution in [0.15, 0.2) is 0 Å². The van der Waals surface area contributed by atoms with Crippen molar-refractivity contribution in [2.75, 3.05) is 32.8 Å². The van der Waals surface area contributed by atoms with Crippen LogP contribution in [0.25, 0.3) is 0 Å². The van der Waals surface area contributed by atoms with Crippen LogP contribution in [-0.4, -0.2) is 49.3 Å². The monoisotopic (exact) mass is 238 g/mol. The molecule has 3 heteroatoms. The number of rotatable bonds is 2. The fourth-order valence-electron chi connectivity index (χ4n) is 3.97. The van der Waals surface area contributed by atoms with Crippen LogP contribution >= 0.6 is 0 Å². The molecule has 3 atom stereocenters. The normalized spacial score (nSPS) is 41.6. The van der Waals surface area contributed by atoms with Crippen LogP contribution in [0.1, 0.15) is 33.1 Å². The Balaban J connectivity index is 1.62. The lowest BCUT2D eigenvalue weighted by atomic mass is 9.92. The third kappa shape index (κ3) is 2.25. The minimum atomic E-state index is 0.219. The highest BCUT2D eigenvalue weighted by molar-refractivity contribution is 4.97. The number of hydrogen-bond donors (Lipinski definition) is 1. The highest BCUT2D eigenvalue weighted by Crippen LogP contribution is 2.38. The van der Waals surface area contributed by atoms with Gasteiger partial charge in [0.25, 0.3) is 0 Å². The molecule has 3 rings (SSSR count). The van der Waals surface area contributed by atoms with Gasteiger partial charge in [0.2, 0.25) is 0 Å². The summed E-state index contributed by atoms with van der Waals surface area (Å²) in [4.78, 5) is 2.63. The van der Waals surface area contributed by atoms with Crippen LogP contribution in [0, 0.1) is 11.8 Å². The van der Waals surface area contributed by atoms with E-state index >= 15 is 0 Å². The summed E-state index contributed by atoms with van der Waals surface area (Å²) in [7, 11) is 0. The Labute approximate surface area is 105 Å². The summed E-state index contributed by atoms with van der Waals surface area (Å²) in [6, 6.07) is 0.736. The molecule has 3 fully saturated rings. The molecule has 2 aliphatic heterocycles. The van der Waals surface area contributed by atoms with Gasteiger partial charge >= 0.3 is 0 Å². The molecule has 1 aliphatic carbocycles. The second-order valence-electron chi connectivity index (χ2n) is 6.68.